The molecule has 0 aromatic rings. The van der Waals surface area contributed by atoms with Crippen molar-refractivity contribution in [2.45, 2.75) is 25.1 Å². The van der Waals surface area contributed by atoms with Gasteiger partial charge in [-0.1, -0.05) is 0 Å². The zero-order valence-electron chi connectivity index (χ0n) is 8.50. The van der Waals surface area contributed by atoms with E-state index in [1.165, 1.54) is 4.90 Å². The molecule has 0 radical (unpaired) electrons. The van der Waals surface area contributed by atoms with E-state index in [1.807, 2.05) is 0 Å². The molecular formula is C8H14ClF3N2O2. The zero-order chi connectivity index (χ0) is 11.5. The first-order valence-corrected chi connectivity index (χ1v) is 4.64. The Morgan fingerprint density at radius 1 is 1.50 bits per heavy atom. The highest BCUT2D eigenvalue weighted by Gasteiger charge is 2.33. The molecule has 1 saturated heterocycles. The van der Waals surface area contributed by atoms with Crippen LogP contribution >= 0.6 is 12.4 Å². The first kappa shape index (κ1) is 15.3. The summed E-state index contributed by atoms with van der Waals surface area (Å²) >= 11 is 0. The summed E-state index contributed by atoms with van der Waals surface area (Å²) in [5.74, 6) is 0. The van der Waals surface area contributed by atoms with Crippen molar-refractivity contribution in [3.63, 3.8) is 0 Å². The molecule has 0 aromatic heterocycles. The average Bonchev–Trinajstić information content (AvgIpc) is 2.60. The van der Waals surface area contributed by atoms with Gasteiger partial charge in [-0.25, -0.2) is 4.79 Å². The van der Waals surface area contributed by atoms with Crippen molar-refractivity contribution in [3.8, 4) is 0 Å². The number of ether oxygens (including phenoxy) is 1. The molecule has 1 aliphatic rings. The fourth-order valence-electron chi connectivity index (χ4n) is 1.55. The smallest absolute Gasteiger partial charge is 0.422 e. The third kappa shape index (κ3) is 4.44. The van der Waals surface area contributed by atoms with Crippen LogP contribution in [-0.4, -0.2) is 42.9 Å². The fourth-order valence-corrected chi connectivity index (χ4v) is 1.55. The maximum Gasteiger partial charge on any atom is 0.422 e. The third-order valence-corrected chi connectivity index (χ3v) is 2.24. The first-order chi connectivity index (χ1) is 6.94. The number of likely N-dealkylation sites (tertiary alicyclic amines) is 1. The lowest BCUT2D eigenvalue weighted by Gasteiger charge is -2.22. The number of hydrogen-bond donors (Lipinski definition) is 1. The molecule has 4 nitrogen and oxygen atoms in total. The van der Waals surface area contributed by atoms with Crippen LogP contribution < -0.4 is 5.73 Å². The van der Waals surface area contributed by atoms with Crippen LogP contribution in [0.5, 0.6) is 0 Å². The second-order valence-electron chi connectivity index (χ2n) is 3.39. The summed E-state index contributed by atoms with van der Waals surface area (Å²) in [4.78, 5) is 12.5. The molecule has 0 bridgehead atoms. The van der Waals surface area contributed by atoms with E-state index in [2.05, 4.69) is 4.74 Å². The van der Waals surface area contributed by atoms with Crippen LogP contribution in [-0.2, 0) is 4.74 Å². The van der Waals surface area contributed by atoms with Gasteiger partial charge in [0, 0.05) is 19.1 Å². The first-order valence-electron chi connectivity index (χ1n) is 4.64. The van der Waals surface area contributed by atoms with Crippen LogP contribution in [0.1, 0.15) is 12.8 Å². The molecule has 1 fully saturated rings. The number of nitrogens with two attached hydrogens (primary N) is 1. The molecule has 1 amide bonds. The standard InChI is InChI=1S/C8H13F3N2O2.ClH/c9-8(10,11)5-15-7(14)13-3-1-2-6(13)4-12;/h6H,1-5,12H2;1H/t6-;/m0./s1. The Hall–Kier alpha value is -0.690. The maximum absolute atomic E-state index is 11.8. The van der Waals surface area contributed by atoms with Crippen molar-refractivity contribution in [3.05, 3.63) is 0 Å². The van der Waals surface area contributed by atoms with Gasteiger partial charge in [-0.3, -0.25) is 0 Å². The Morgan fingerprint density at radius 3 is 2.62 bits per heavy atom. The Labute approximate surface area is 97.3 Å². The van der Waals surface area contributed by atoms with Crippen LogP contribution in [0, 0.1) is 0 Å². The van der Waals surface area contributed by atoms with Gasteiger partial charge in [0.15, 0.2) is 6.61 Å². The van der Waals surface area contributed by atoms with E-state index in [0.29, 0.717) is 6.54 Å². The van der Waals surface area contributed by atoms with Gasteiger partial charge in [-0.05, 0) is 12.8 Å². The minimum Gasteiger partial charge on any atom is -0.440 e. The van der Waals surface area contributed by atoms with Crippen LogP contribution in [0.2, 0.25) is 0 Å². The molecule has 1 aliphatic heterocycles. The van der Waals surface area contributed by atoms with Gasteiger partial charge in [0.1, 0.15) is 0 Å². The van der Waals surface area contributed by atoms with Crippen LogP contribution in [0.15, 0.2) is 0 Å². The number of rotatable bonds is 2. The van der Waals surface area contributed by atoms with Crippen molar-refractivity contribution in [1.29, 1.82) is 0 Å². The number of amides is 1. The predicted octanol–water partition coefficient (Wildman–Crippen LogP) is 1.53. The summed E-state index contributed by atoms with van der Waals surface area (Å²) in [5.41, 5.74) is 5.37. The highest BCUT2D eigenvalue weighted by Crippen LogP contribution is 2.19. The van der Waals surface area contributed by atoms with E-state index in [1.54, 1.807) is 0 Å². The lowest BCUT2D eigenvalue weighted by Crippen LogP contribution is -2.41. The summed E-state index contributed by atoms with van der Waals surface area (Å²) in [6, 6.07) is -0.189. The number of alkyl halides is 3. The SMILES string of the molecule is Cl.NC[C@@H]1CCCN1C(=O)OCC(F)(F)F. The lowest BCUT2D eigenvalue weighted by atomic mass is 10.2. The molecule has 0 aromatic carbocycles. The molecule has 96 valence electrons. The van der Waals surface area contributed by atoms with Crippen molar-refractivity contribution in [2.24, 2.45) is 5.73 Å². The Bertz CT molecular complexity index is 238. The monoisotopic (exact) mass is 262 g/mol. The van der Waals surface area contributed by atoms with Gasteiger partial charge in [-0.2, -0.15) is 13.2 Å². The summed E-state index contributed by atoms with van der Waals surface area (Å²) in [7, 11) is 0. The predicted molar refractivity (Wildman–Crippen MR) is 53.4 cm³/mol. The third-order valence-electron chi connectivity index (χ3n) is 2.24. The average molecular weight is 263 g/mol. The van der Waals surface area contributed by atoms with Gasteiger partial charge >= 0.3 is 12.3 Å². The highest BCUT2D eigenvalue weighted by atomic mass is 35.5. The quantitative estimate of drug-likeness (QED) is 0.821. The highest BCUT2D eigenvalue weighted by molar-refractivity contribution is 5.85. The largest absolute Gasteiger partial charge is 0.440 e. The summed E-state index contributed by atoms with van der Waals surface area (Å²) in [6.07, 6.45) is -3.94. The maximum atomic E-state index is 11.8. The Kier molecular flexibility index (Phi) is 5.88. The van der Waals surface area contributed by atoms with E-state index >= 15 is 0 Å². The minimum absolute atomic E-state index is 0. The molecule has 1 rings (SSSR count). The Balaban J connectivity index is 0.00000225. The number of carbonyl (C=O) groups excluding carboxylic acids is 1. The van der Waals surface area contributed by atoms with E-state index in [9.17, 15) is 18.0 Å². The van der Waals surface area contributed by atoms with Crippen molar-refractivity contribution < 1.29 is 22.7 Å². The molecule has 2 N–H and O–H groups in total. The molecule has 1 atom stereocenters. The second-order valence-corrected chi connectivity index (χ2v) is 3.39. The summed E-state index contributed by atoms with van der Waals surface area (Å²) < 4.78 is 39.4. The summed E-state index contributed by atoms with van der Waals surface area (Å²) in [5, 5.41) is 0. The minimum atomic E-state index is -4.48. The molecule has 0 unspecified atom stereocenters. The lowest BCUT2D eigenvalue weighted by molar-refractivity contribution is -0.162. The number of carbonyl (C=O) groups is 1. The van der Waals surface area contributed by atoms with Crippen molar-refractivity contribution in [1.82, 2.24) is 4.90 Å². The van der Waals surface area contributed by atoms with Gasteiger partial charge < -0.3 is 15.4 Å². The topological polar surface area (TPSA) is 55.6 Å². The van der Waals surface area contributed by atoms with Crippen LogP contribution in [0.25, 0.3) is 0 Å². The van der Waals surface area contributed by atoms with Crippen LogP contribution in [0.3, 0.4) is 0 Å². The number of hydrogen-bond acceptors (Lipinski definition) is 3. The van der Waals surface area contributed by atoms with E-state index in [-0.39, 0.29) is 25.0 Å². The van der Waals surface area contributed by atoms with Crippen molar-refractivity contribution in [2.75, 3.05) is 19.7 Å². The molecule has 0 saturated carbocycles. The molecule has 1 heterocycles. The van der Waals surface area contributed by atoms with E-state index in [0.717, 1.165) is 12.8 Å². The molecule has 8 heteroatoms. The molecular weight excluding hydrogens is 249 g/mol. The molecule has 0 spiro atoms. The van der Waals surface area contributed by atoms with E-state index < -0.39 is 18.9 Å². The number of nitrogens with zero attached hydrogens (tertiary/aromatic N) is 1. The van der Waals surface area contributed by atoms with Gasteiger partial charge in [0.2, 0.25) is 0 Å². The van der Waals surface area contributed by atoms with Gasteiger partial charge in [0.25, 0.3) is 0 Å². The van der Waals surface area contributed by atoms with E-state index in [4.69, 9.17) is 5.73 Å². The fraction of sp³-hybridized carbons (Fsp3) is 0.875. The van der Waals surface area contributed by atoms with Crippen LogP contribution in [0.4, 0.5) is 18.0 Å². The van der Waals surface area contributed by atoms with Gasteiger partial charge in [-0.15, -0.1) is 12.4 Å². The Morgan fingerprint density at radius 2 is 2.12 bits per heavy atom. The zero-order valence-corrected chi connectivity index (χ0v) is 9.31. The second kappa shape index (κ2) is 6.15. The summed E-state index contributed by atoms with van der Waals surface area (Å²) in [6.45, 7) is -0.876. The number of halogens is 4. The molecule has 16 heavy (non-hydrogen) atoms. The van der Waals surface area contributed by atoms with Crippen molar-refractivity contribution >= 4 is 18.5 Å². The normalized spacial score (nSPS) is 20.5. The molecule has 0 aliphatic carbocycles. The van der Waals surface area contributed by atoms with Gasteiger partial charge in [0.05, 0.1) is 0 Å².